The number of hydrogen-bond donors (Lipinski definition) is 1. The van der Waals surface area contributed by atoms with Crippen molar-refractivity contribution < 1.29 is 17.7 Å². The Labute approximate surface area is 154 Å². The van der Waals surface area contributed by atoms with Gasteiger partial charge >= 0.3 is 0 Å². The number of halogens is 1. The molecule has 0 aliphatic carbocycles. The van der Waals surface area contributed by atoms with Gasteiger partial charge in [-0.3, -0.25) is 4.79 Å². The minimum absolute atomic E-state index is 0. The van der Waals surface area contributed by atoms with Gasteiger partial charge < -0.3 is 14.7 Å². The Hall–Kier alpha value is -1.16. The van der Waals surface area contributed by atoms with Gasteiger partial charge in [-0.2, -0.15) is 4.31 Å². The number of amides is 1. The van der Waals surface area contributed by atoms with Crippen LogP contribution in [0.1, 0.15) is 30.7 Å². The Kier molecular flexibility index (Phi) is 6.47. The van der Waals surface area contributed by atoms with E-state index < -0.39 is 10.0 Å². The van der Waals surface area contributed by atoms with E-state index in [2.05, 4.69) is 10.5 Å². The molecular weight excluding hydrogens is 368 g/mol. The van der Waals surface area contributed by atoms with Crippen LogP contribution in [0.5, 0.6) is 0 Å². The van der Waals surface area contributed by atoms with Gasteiger partial charge in [0, 0.05) is 38.6 Å². The molecule has 142 valence electrons. The molecule has 8 nitrogen and oxygen atoms in total. The largest absolute Gasteiger partial charge is 0.360 e. The van der Waals surface area contributed by atoms with Crippen molar-refractivity contribution in [2.24, 2.45) is 0 Å². The summed E-state index contributed by atoms with van der Waals surface area (Å²) >= 11 is 0. The van der Waals surface area contributed by atoms with Crippen molar-refractivity contribution in [3.8, 4) is 0 Å². The van der Waals surface area contributed by atoms with Gasteiger partial charge in [0.15, 0.2) is 5.76 Å². The van der Waals surface area contributed by atoms with Gasteiger partial charge in [-0.25, -0.2) is 8.42 Å². The van der Waals surface area contributed by atoms with Gasteiger partial charge in [-0.05, 0) is 33.2 Å². The first kappa shape index (κ1) is 20.2. The first-order valence-corrected chi connectivity index (χ1v) is 9.78. The van der Waals surface area contributed by atoms with E-state index >= 15 is 0 Å². The van der Waals surface area contributed by atoms with Crippen LogP contribution >= 0.6 is 12.4 Å². The van der Waals surface area contributed by atoms with Crippen molar-refractivity contribution >= 4 is 28.3 Å². The number of hydrogen-bond acceptors (Lipinski definition) is 6. The van der Waals surface area contributed by atoms with Gasteiger partial charge in [-0.1, -0.05) is 5.16 Å². The molecule has 1 N–H and O–H groups in total. The van der Waals surface area contributed by atoms with E-state index in [1.807, 2.05) is 0 Å². The average Bonchev–Trinajstić information content (AvgIpc) is 3.17. The van der Waals surface area contributed by atoms with E-state index in [1.165, 1.54) is 4.31 Å². The van der Waals surface area contributed by atoms with Gasteiger partial charge in [-0.15, -0.1) is 12.4 Å². The number of carbonyl (C=O) groups excluding carboxylic acids is 1. The van der Waals surface area contributed by atoms with Crippen LogP contribution in [0, 0.1) is 13.8 Å². The van der Waals surface area contributed by atoms with Crippen LogP contribution in [-0.4, -0.2) is 67.5 Å². The molecule has 1 unspecified atom stereocenters. The zero-order valence-electron chi connectivity index (χ0n) is 14.5. The third-order valence-corrected chi connectivity index (χ3v) is 6.88. The second-order valence-corrected chi connectivity index (χ2v) is 8.31. The highest BCUT2D eigenvalue weighted by Crippen LogP contribution is 2.24. The molecule has 2 saturated heterocycles. The normalized spacial score (nSPS) is 22.0. The molecule has 10 heteroatoms. The fraction of sp³-hybridized carbons (Fsp3) is 0.733. The van der Waals surface area contributed by atoms with Gasteiger partial charge in [0.2, 0.25) is 15.9 Å². The van der Waals surface area contributed by atoms with Crippen LogP contribution in [0.25, 0.3) is 0 Å². The van der Waals surface area contributed by atoms with Crippen LogP contribution in [0.15, 0.2) is 9.42 Å². The summed E-state index contributed by atoms with van der Waals surface area (Å²) in [5.41, 5.74) is 0.373. The third-order valence-electron chi connectivity index (χ3n) is 4.74. The Balaban J connectivity index is 0.00000225. The summed E-state index contributed by atoms with van der Waals surface area (Å²) in [4.78, 5) is 14.3. The lowest BCUT2D eigenvalue weighted by atomic mass is 10.1. The summed E-state index contributed by atoms with van der Waals surface area (Å²) in [7, 11) is -3.62. The number of aryl methyl sites for hydroxylation is 2. The van der Waals surface area contributed by atoms with Crippen LogP contribution in [0.3, 0.4) is 0 Å². The van der Waals surface area contributed by atoms with E-state index in [-0.39, 0.29) is 29.3 Å². The summed E-state index contributed by atoms with van der Waals surface area (Å²) in [6.07, 6.45) is 2.64. The Morgan fingerprint density at radius 1 is 1.28 bits per heavy atom. The van der Waals surface area contributed by atoms with Crippen molar-refractivity contribution in [2.75, 3.05) is 32.7 Å². The lowest BCUT2D eigenvalue weighted by Gasteiger charge is -2.34. The smallest absolute Gasteiger partial charge is 0.248 e. The SMILES string of the molecule is Cc1noc(C)c1S(=O)(=O)N1CCN(C(=O)CC2CCCN2)CC1.Cl. The van der Waals surface area contributed by atoms with Crippen LogP contribution in [-0.2, 0) is 14.8 Å². The lowest BCUT2D eigenvalue weighted by Crippen LogP contribution is -2.51. The molecule has 25 heavy (non-hydrogen) atoms. The monoisotopic (exact) mass is 392 g/mol. The Morgan fingerprint density at radius 2 is 1.96 bits per heavy atom. The fourth-order valence-corrected chi connectivity index (χ4v) is 5.13. The van der Waals surface area contributed by atoms with Gasteiger partial charge in [0.25, 0.3) is 0 Å². The molecule has 0 aromatic carbocycles. The Morgan fingerprint density at radius 3 is 2.48 bits per heavy atom. The molecule has 0 saturated carbocycles. The second-order valence-electron chi connectivity index (χ2n) is 6.44. The standard InChI is InChI=1S/C15H24N4O4S.ClH/c1-11-15(12(2)23-17-11)24(21,22)19-8-6-18(7-9-19)14(20)10-13-4-3-5-16-13;/h13,16H,3-10H2,1-2H3;1H. The summed E-state index contributed by atoms with van der Waals surface area (Å²) in [5, 5.41) is 7.04. The highest BCUT2D eigenvalue weighted by Gasteiger charge is 2.34. The van der Waals surface area contributed by atoms with Gasteiger partial charge in [0.1, 0.15) is 10.6 Å². The van der Waals surface area contributed by atoms with Gasteiger partial charge in [0.05, 0.1) is 0 Å². The summed E-state index contributed by atoms with van der Waals surface area (Å²) < 4.78 is 31.9. The maximum absolute atomic E-state index is 12.8. The predicted octanol–water partition coefficient (Wildman–Crippen LogP) is 0.688. The first-order valence-electron chi connectivity index (χ1n) is 8.34. The number of nitrogens with zero attached hydrogens (tertiary/aromatic N) is 3. The lowest BCUT2D eigenvalue weighted by molar-refractivity contribution is -0.132. The summed E-state index contributed by atoms with van der Waals surface area (Å²) in [6, 6.07) is 0.265. The highest BCUT2D eigenvalue weighted by molar-refractivity contribution is 7.89. The number of piperazine rings is 1. The second kappa shape index (κ2) is 8.03. The van der Waals surface area contributed by atoms with Crippen LogP contribution in [0.2, 0.25) is 0 Å². The molecule has 0 radical (unpaired) electrons. The molecule has 3 rings (SSSR count). The quantitative estimate of drug-likeness (QED) is 0.809. The van der Waals surface area contributed by atoms with Crippen LogP contribution in [0.4, 0.5) is 0 Å². The number of aromatic nitrogens is 1. The number of rotatable bonds is 4. The van der Waals surface area contributed by atoms with Crippen LogP contribution < -0.4 is 5.32 Å². The molecular formula is C15H25ClN4O4S. The number of carbonyl (C=O) groups is 1. The van der Waals surface area contributed by atoms with Crippen molar-refractivity contribution in [1.82, 2.24) is 19.7 Å². The molecule has 2 fully saturated rings. The number of nitrogens with one attached hydrogen (secondary N) is 1. The predicted molar refractivity (Wildman–Crippen MR) is 94.2 cm³/mol. The van der Waals surface area contributed by atoms with E-state index in [1.54, 1.807) is 18.7 Å². The summed E-state index contributed by atoms with van der Waals surface area (Å²) in [6.45, 7) is 5.65. The molecule has 0 bridgehead atoms. The molecule has 2 aliphatic heterocycles. The zero-order valence-corrected chi connectivity index (χ0v) is 16.2. The van der Waals surface area contributed by atoms with E-state index in [4.69, 9.17) is 4.52 Å². The molecule has 1 amide bonds. The number of sulfonamides is 1. The van der Waals surface area contributed by atoms with Crippen molar-refractivity contribution in [3.63, 3.8) is 0 Å². The third kappa shape index (κ3) is 4.16. The van der Waals surface area contributed by atoms with Crippen molar-refractivity contribution in [3.05, 3.63) is 11.5 Å². The van der Waals surface area contributed by atoms with Crippen molar-refractivity contribution in [2.45, 2.75) is 44.0 Å². The van der Waals surface area contributed by atoms with E-state index in [9.17, 15) is 13.2 Å². The minimum Gasteiger partial charge on any atom is -0.360 e. The fourth-order valence-electron chi connectivity index (χ4n) is 3.42. The maximum Gasteiger partial charge on any atom is 0.248 e. The summed E-state index contributed by atoms with van der Waals surface area (Å²) in [5.74, 6) is 0.405. The minimum atomic E-state index is -3.62. The van der Waals surface area contributed by atoms with E-state index in [0.717, 1.165) is 19.4 Å². The average molecular weight is 393 g/mol. The highest BCUT2D eigenvalue weighted by atomic mass is 35.5. The Bertz CT molecular complexity index is 688. The topological polar surface area (TPSA) is 95.8 Å². The maximum atomic E-state index is 12.8. The molecule has 2 aliphatic rings. The molecule has 0 spiro atoms. The van der Waals surface area contributed by atoms with Crippen molar-refractivity contribution in [1.29, 1.82) is 0 Å². The molecule has 1 aromatic rings. The molecule has 3 heterocycles. The molecule has 1 atom stereocenters. The zero-order chi connectivity index (χ0) is 17.3. The first-order chi connectivity index (χ1) is 11.4. The van der Waals surface area contributed by atoms with E-state index in [0.29, 0.717) is 44.1 Å². The molecule has 1 aromatic heterocycles.